The number of carbonyl (C=O) groups excluding carboxylic acids is 3. The molecular formula is C43H36N4O6S2. The summed E-state index contributed by atoms with van der Waals surface area (Å²) in [7, 11) is -3.88. The maximum absolute atomic E-state index is 13.7. The number of nitrogens with one attached hydrogen (secondary N) is 3. The maximum Gasteiger partial charge on any atom is 0.272 e. The number of primary sulfonamides is 1. The summed E-state index contributed by atoms with van der Waals surface area (Å²) in [5.41, 5.74) is 3.76. The van der Waals surface area contributed by atoms with Crippen molar-refractivity contribution in [1.29, 1.82) is 0 Å². The summed E-state index contributed by atoms with van der Waals surface area (Å²) in [6.45, 7) is 0.411. The highest BCUT2D eigenvalue weighted by Crippen LogP contribution is 2.37. The van der Waals surface area contributed by atoms with E-state index in [4.69, 9.17) is 9.88 Å². The van der Waals surface area contributed by atoms with Crippen LogP contribution in [0.5, 0.6) is 5.75 Å². The fourth-order valence-electron chi connectivity index (χ4n) is 5.30. The molecule has 55 heavy (non-hydrogen) atoms. The topological polar surface area (TPSA) is 157 Å². The molecule has 0 aliphatic carbocycles. The number of nitrogens with two attached hydrogens (primary N) is 1. The molecule has 12 heteroatoms. The van der Waals surface area contributed by atoms with E-state index in [1.54, 1.807) is 84.9 Å². The van der Waals surface area contributed by atoms with E-state index in [0.29, 0.717) is 34.9 Å². The molecule has 6 rings (SSSR count). The molecule has 0 aliphatic rings. The first-order valence-corrected chi connectivity index (χ1v) is 19.4. The number of carbonyl (C=O) groups is 3. The van der Waals surface area contributed by atoms with Crippen LogP contribution in [0.25, 0.3) is 6.08 Å². The molecule has 6 aromatic rings. The second kappa shape index (κ2) is 18.0. The maximum atomic E-state index is 13.7. The molecule has 276 valence electrons. The number of rotatable bonds is 14. The van der Waals surface area contributed by atoms with Gasteiger partial charge in [-0.3, -0.25) is 14.4 Å². The van der Waals surface area contributed by atoms with Gasteiger partial charge in [0.05, 0.1) is 4.90 Å². The number of hydrogen-bond acceptors (Lipinski definition) is 7. The van der Waals surface area contributed by atoms with E-state index in [1.165, 1.54) is 36.0 Å². The SMILES string of the molecule is NS(=O)(=O)c1ccc(NC(=O)C(Sc2ccc(NC(=O)/C(=C/c3ccc(OCc4ccccc4)cc3)NC(=O)c3ccccc3)cc2)c2ccccc2)cc1. The van der Waals surface area contributed by atoms with Crippen molar-refractivity contribution < 1.29 is 27.5 Å². The van der Waals surface area contributed by atoms with Gasteiger partial charge in [-0.2, -0.15) is 0 Å². The van der Waals surface area contributed by atoms with Crippen LogP contribution in [0.3, 0.4) is 0 Å². The average molecular weight is 769 g/mol. The van der Waals surface area contributed by atoms with Gasteiger partial charge in [-0.15, -0.1) is 11.8 Å². The lowest BCUT2D eigenvalue weighted by Crippen LogP contribution is -2.30. The first-order chi connectivity index (χ1) is 26.6. The number of ether oxygens (including phenoxy) is 1. The molecule has 0 spiro atoms. The Bertz CT molecular complexity index is 2370. The van der Waals surface area contributed by atoms with Crippen LogP contribution < -0.4 is 25.8 Å². The summed E-state index contributed by atoms with van der Waals surface area (Å²) >= 11 is 1.30. The predicted molar refractivity (Wildman–Crippen MR) is 216 cm³/mol. The molecule has 0 aromatic heterocycles. The van der Waals surface area contributed by atoms with E-state index < -0.39 is 27.1 Å². The van der Waals surface area contributed by atoms with Gasteiger partial charge in [0.1, 0.15) is 23.3 Å². The molecule has 5 N–H and O–H groups in total. The molecule has 1 unspecified atom stereocenters. The Kier molecular flexibility index (Phi) is 12.5. The fraction of sp³-hybridized carbons (Fsp3) is 0.0465. The van der Waals surface area contributed by atoms with E-state index in [2.05, 4.69) is 16.0 Å². The summed E-state index contributed by atoms with van der Waals surface area (Å²) in [4.78, 5) is 41.1. The number of anilines is 2. The van der Waals surface area contributed by atoms with Gasteiger partial charge < -0.3 is 20.7 Å². The third kappa shape index (κ3) is 11.0. The van der Waals surface area contributed by atoms with Crippen molar-refractivity contribution in [3.8, 4) is 5.75 Å². The van der Waals surface area contributed by atoms with Gasteiger partial charge in [0, 0.05) is 21.8 Å². The lowest BCUT2D eigenvalue weighted by molar-refractivity contribution is -0.116. The second-order valence-electron chi connectivity index (χ2n) is 12.2. The average Bonchev–Trinajstić information content (AvgIpc) is 3.21. The van der Waals surface area contributed by atoms with Gasteiger partial charge in [-0.1, -0.05) is 91.0 Å². The normalized spacial score (nSPS) is 11.9. The van der Waals surface area contributed by atoms with E-state index in [9.17, 15) is 22.8 Å². The largest absolute Gasteiger partial charge is 0.489 e. The predicted octanol–water partition coefficient (Wildman–Crippen LogP) is 7.79. The molecule has 0 aliphatic heterocycles. The second-order valence-corrected chi connectivity index (χ2v) is 14.9. The summed E-state index contributed by atoms with van der Waals surface area (Å²) < 4.78 is 29.2. The van der Waals surface area contributed by atoms with Crippen molar-refractivity contribution in [1.82, 2.24) is 5.32 Å². The van der Waals surface area contributed by atoms with Crippen LogP contribution in [0.4, 0.5) is 11.4 Å². The lowest BCUT2D eigenvalue weighted by atomic mass is 10.1. The third-order valence-electron chi connectivity index (χ3n) is 8.13. The van der Waals surface area contributed by atoms with Crippen LogP contribution in [-0.2, 0) is 26.2 Å². The smallest absolute Gasteiger partial charge is 0.272 e. The minimum absolute atomic E-state index is 0.0307. The van der Waals surface area contributed by atoms with Gasteiger partial charge in [-0.25, -0.2) is 13.6 Å². The van der Waals surface area contributed by atoms with Crippen molar-refractivity contribution in [2.24, 2.45) is 5.14 Å². The Morgan fingerprint density at radius 3 is 1.85 bits per heavy atom. The van der Waals surface area contributed by atoms with Gasteiger partial charge in [0.2, 0.25) is 15.9 Å². The van der Waals surface area contributed by atoms with Crippen LogP contribution in [-0.4, -0.2) is 26.1 Å². The number of sulfonamides is 1. The van der Waals surface area contributed by atoms with Gasteiger partial charge >= 0.3 is 0 Å². The van der Waals surface area contributed by atoms with Crippen LogP contribution in [0.2, 0.25) is 0 Å². The Morgan fingerprint density at radius 1 is 0.673 bits per heavy atom. The Morgan fingerprint density at radius 2 is 1.24 bits per heavy atom. The van der Waals surface area contributed by atoms with Gasteiger partial charge in [0.25, 0.3) is 11.8 Å². The fourth-order valence-corrected chi connectivity index (χ4v) is 6.84. The number of hydrogen-bond donors (Lipinski definition) is 4. The quantitative estimate of drug-likeness (QED) is 0.0651. The highest BCUT2D eigenvalue weighted by molar-refractivity contribution is 8.00. The lowest BCUT2D eigenvalue weighted by Gasteiger charge is -2.18. The standard InChI is InChI=1S/C43H36N4O6S2/c44-55(51,52)38-26-20-35(21-27-38)46-43(50)40(32-12-6-2-7-13-32)54-37-24-18-34(19-25-37)45-42(49)39(47-41(48)33-14-8-3-9-15-33)28-30-16-22-36(23-17-30)53-29-31-10-4-1-5-11-31/h1-28,40H,29H2,(H,45,49)(H,46,50)(H,47,48)(H2,44,51,52)/b39-28-. The highest BCUT2D eigenvalue weighted by Gasteiger charge is 2.23. The summed E-state index contributed by atoms with van der Waals surface area (Å²) in [5, 5.41) is 13.0. The molecule has 0 saturated heterocycles. The highest BCUT2D eigenvalue weighted by atomic mass is 32.2. The third-order valence-corrected chi connectivity index (χ3v) is 10.3. The van der Waals surface area contributed by atoms with Crippen molar-refractivity contribution in [2.45, 2.75) is 21.6 Å². The molecule has 1 atom stereocenters. The van der Waals surface area contributed by atoms with Crippen LogP contribution in [0.15, 0.2) is 179 Å². The first-order valence-electron chi connectivity index (χ1n) is 17.0. The van der Waals surface area contributed by atoms with Crippen molar-refractivity contribution >= 4 is 57.0 Å². The van der Waals surface area contributed by atoms with E-state index in [0.717, 1.165) is 16.0 Å². The molecule has 3 amide bonds. The molecular weight excluding hydrogens is 733 g/mol. The van der Waals surface area contributed by atoms with Crippen LogP contribution in [0.1, 0.15) is 32.3 Å². The van der Waals surface area contributed by atoms with Crippen LogP contribution in [0, 0.1) is 0 Å². The van der Waals surface area contributed by atoms with Crippen molar-refractivity contribution in [3.63, 3.8) is 0 Å². The van der Waals surface area contributed by atoms with E-state index >= 15 is 0 Å². The molecule has 0 saturated carbocycles. The van der Waals surface area contributed by atoms with Crippen LogP contribution >= 0.6 is 11.8 Å². The summed E-state index contributed by atoms with van der Waals surface area (Å²) in [6, 6.07) is 47.4. The minimum Gasteiger partial charge on any atom is -0.489 e. The Labute approximate surface area is 323 Å². The minimum atomic E-state index is -3.88. The monoisotopic (exact) mass is 768 g/mol. The zero-order valence-electron chi connectivity index (χ0n) is 29.3. The number of amides is 3. The first kappa shape index (κ1) is 38.3. The summed E-state index contributed by atoms with van der Waals surface area (Å²) in [5.74, 6) is -0.646. The molecule has 10 nitrogen and oxygen atoms in total. The van der Waals surface area contributed by atoms with Crippen molar-refractivity contribution in [2.75, 3.05) is 10.6 Å². The zero-order chi connectivity index (χ0) is 38.6. The molecule has 6 aromatic carbocycles. The molecule has 0 bridgehead atoms. The zero-order valence-corrected chi connectivity index (χ0v) is 30.9. The molecule has 0 heterocycles. The Hall–Kier alpha value is -6.47. The number of benzene rings is 6. The Balaban J connectivity index is 1.16. The van der Waals surface area contributed by atoms with Crippen molar-refractivity contribution in [3.05, 3.63) is 192 Å². The molecule has 0 fully saturated rings. The van der Waals surface area contributed by atoms with E-state index in [1.807, 2.05) is 60.7 Å². The van der Waals surface area contributed by atoms with Gasteiger partial charge in [-0.05, 0) is 95.6 Å². The summed E-state index contributed by atoms with van der Waals surface area (Å²) in [6.07, 6.45) is 1.59. The van der Waals surface area contributed by atoms with Gasteiger partial charge in [0.15, 0.2) is 0 Å². The molecule has 0 radical (unpaired) electrons. The number of thioether (sulfide) groups is 1. The van der Waals surface area contributed by atoms with E-state index in [-0.39, 0.29) is 16.5 Å².